The molecule has 0 unspecified atom stereocenters. The lowest BCUT2D eigenvalue weighted by molar-refractivity contribution is 0.0241. The molecule has 1 atom stereocenters. The van der Waals surface area contributed by atoms with Gasteiger partial charge >= 0.3 is 0 Å². The largest absolute Gasteiger partial charge is 0.492 e. The summed E-state index contributed by atoms with van der Waals surface area (Å²) in [5.41, 5.74) is 1.13. The first-order valence-electron chi connectivity index (χ1n) is 8.80. The van der Waals surface area contributed by atoms with Crippen LogP contribution in [0.1, 0.15) is 16.5 Å². The smallest absolute Gasteiger partial charge is 0.230 e. The van der Waals surface area contributed by atoms with Gasteiger partial charge in [-0.25, -0.2) is 0 Å². The second-order valence-corrected chi connectivity index (χ2v) is 7.37. The summed E-state index contributed by atoms with van der Waals surface area (Å²) in [6.07, 6.45) is 1.58. The second-order valence-electron chi connectivity index (χ2n) is 6.36. The van der Waals surface area contributed by atoms with Gasteiger partial charge in [0, 0.05) is 13.1 Å². The van der Waals surface area contributed by atoms with Crippen LogP contribution in [0, 0.1) is 0 Å². The van der Waals surface area contributed by atoms with Gasteiger partial charge in [0.1, 0.15) is 0 Å². The van der Waals surface area contributed by atoms with Gasteiger partial charge in [-0.1, -0.05) is 41.7 Å². The van der Waals surface area contributed by atoms with Crippen molar-refractivity contribution in [2.75, 3.05) is 26.3 Å². The second kappa shape index (κ2) is 6.80. The van der Waals surface area contributed by atoms with Crippen molar-refractivity contribution in [1.82, 2.24) is 19.5 Å². The van der Waals surface area contributed by atoms with Crippen molar-refractivity contribution in [1.29, 1.82) is 0 Å². The molecule has 0 radical (unpaired) electrons. The molecule has 0 saturated carbocycles. The predicted molar refractivity (Wildman–Crippen MR) is 101 cm³/mol. The molecule has 0 amide bonds. The standard InChI is InChI=1S/C19H18N4O3S/c24-18-16(27-19-20-17(21-23(18)19)14-7-4-10-26-14)15(13-5-2-1-3-6-13)22-8-11-25-12-9-22/h1-7,10,15,24H,8-9,11-12H2/t15-/m0/s1. The average Bonchev–Trinajstić information content (AvgIpc) is 3.43. The zero-order valence-corrected chi connectivity index (χ0v) is 15.3. The number of nitrogens with zero attached hydrogens (tertiary/aromatic N) is 4. The first kappa shape index (κ1) is 16.5. The van der Waals surface area contributed by atoms with Gasteiger partial charge in [-0.3, -0.25) is 4.90 Å². The molecule has 0 spiro atoms. The summed E-state index contributed by atoms with van der Waals surface area (Å²) in [6, 6.07) is 13.7. The highest BCUT2D eigenvalue weighted by Gasteiger charge is 2.30. The van der Waals surface area contributed by atoms with E-state index in [0.717, 1.165) is 23.5 Å². The fourth-order valence-corrected chi connectivity index (χ4v) is 4.55. The Hall–Kier alpha value is -2.68. The molecule has 0 aliphatic carbocycles. The van der Waals surface area contributed by atoms with Crippen LogP contribution in [0.15, 0.2) is 53.1 Å². The van der Waals surface area contributed by atoms with Crippen LogP contribution in [0.2, 0.25) is 0 Å². The van der Waals surface area contributed by atoms with Crippen LogP contribution in [0.3, 0.4) is 0 Å². The molecule has 27 heavy (non-hydrogen) atoms. The van der Waals surface area contributed by atoms with Crippen molar-refractivity contribution in [2.24, 2.45) is 0 Å². The lowest BCUT2D eigenvalue weighted by atomic mass is 10.0. The molecule has 0 bridgehead atoms. The van der Waals surface area contributed by atoms with E-state index in [1.807, 2.05) is 18.2 Å². The normalized spacial score (nSPS) is 16.7. The van der Waals surface area contributed by atoms with E-state index in [4.69, 9.17) is 9.15 Å². The van der Waals surface area contributed by atoms with Crippen LogP contribution in [0.4, 0.5) is 0 Å². The summed E-state index contributed by atoms with van der Waals surface area (Å²) < 4.78 is 12.4. The monoisotopic (exact) mass is 382 g/mol. The van der Waals surface area contributed by atoms with Crippen LogP contribution in [0.25, 0.3) is 16.5 Å². The van der Waals surface area contributed by atoms with Gasteiger partial charge in [-0.05, 0) is 17.7 Å². The van der Waals surface area contributed by atoms with E-state index in [2.05, 4.69) is 27.1 Å². The van der Waals surface area contributed by atoms with Crippen LogP contribution >= 0.6 is 11.3 Å². The van der Waals surface area contributed by atoms with E-state index in [1.54, 1.807) is 18.4 Å². The summed E-state index contributed by atoms with van der Waals surface area (Å²) >= 11 is 1.45. The summed E-state index contributed by atoms with van der Waals surface area (Å²) in [5.74, 6) is 1.18. The molecular formula is C19H18N4O3S. The van der Waals surface area contributed by atoms with Gasteiger partial charge in [0.25, 0.3) is 0 Å². The molecule has 1 fully saturated rings. The number of ether oxygens (including phenoxy) is 1. The van der Waals surface area contributed by atoms with Crippen LogP contribution in [-0.4, -0.2) is 50.9 Å². The molecule has 7 nitrogen and oxygen atoms in total. The number of morpholine rings is 1. The predicted octanol–water partition coefficient (Wildman–Crippen LogP) is 3.18. The fourth-order valence-electron chi connectivity index (χ4n) is 3.44. The highest BCUT2D eigenvalue weighted by molar-refractivity contribution is 7.17. The molecule has 1 saturated heterocycles. The Bertz CT molecular complexity index is 1040. The average molecular weight is 382 g/mol. The fraction of sp³-hybridized carbons (Fsp3) is 0.263. The Balaban J connectivity index is 1.59. The van der Waals surface area contributed by atoms with Crippen molar-refractivity contribution in [3.8, 4) is 17.5 Å². The summed E-state index contributed by atoms with van der Waals surface area (Å²) in [7, 11) is 0. The van der Waals surface area contributed by atoms with Crippen LogP contribution in [0.5, 0.6) is 5.88 Å². The van der Waals surface area contributed by atoms with Crippen molar-refractivity contribution >= 4 is 16.3 Å². The maximum atomic E-state index is 10.9. The van der Waals surface area contributed by atoms with Crippen molar-refractivity contribution in [3.05, 3.63) is 59.2 Å². The van der Waals surface area contributed by atoms with E-state index in [1.165, 1.54) is 15.9 Å². The molecule has 5 rings (SSSR count). The third-order valence-corrected chi connectivity index (χ3v) is 5.79. The molecule has 8 heteroatoms. The summed E-state index contributed by atoms with van der Waals surface area (Å²) in [5, 5.41) is 15.4. The zero-order chi connectivity index (χ0) is 18.2. The summed E-state index contributed by atoms with van der Waals surface area (Å²) in [4.78, 5) is 8.34. The van der Waals surface area contributed by atoms with E-state index in [-0.39, 0.29) is 11.9 Å². The molecule has 1 N–H and O–H groups in total. The highest BCUT2D eigenvalue weighted by Crippen LogP contribution is 2.40. The Kier molecular flexibility index (Phi) is 4.16. The third-order valence-electron chi connectivity index (χ3n) is 4.72. The van der Waals surface area contributed by atoms with E-state index >= 15 is 0 Å². The van der Waals surface area contributed by atoms with Crippen molar-refractivity contribution < 1.29 is 14.3 Å². The lowest BCUT2D eigenvalue weighted by Crippen LogP contribution is -2.39. The Morgan fingerprint density at radius 1 is 1.07 bits per heavy atom. The number of aromatic nitrogens is 3. The molecule has 3 aromatic heterocycles. The Morgan fingerprint density at radius 2 is 1.89 bits per heavy atom. The van der Waals surface area contributed by atoms with Gasteiger partial charge in [-0.15, -0.1) is 5.10 Å². The molecule has 1 aliphatic rings. The number of furan rings is 1. The van der Waals surface area contributed by atoms with Crippen molar-refractivity contribution in [2.45, 2.75) is 6.04 Å². The number of benzene rings is 1. The molecule has 4 heterocycles. The van der Waals surface area contributed by atoms with Gasteiger partial charge < -0.3 is 14.3 Å². The SMILES string of the molecule is Oc1c([C@H](c2ccccc2)N2CCOCC2)sc2nc(-c3ccco3)nn12. The maximum Gasteiger partial charge on any atom is 0.230 e. The zero-order valence-electron chi connectivity index (χ0n) is 14.5. The topological polar surface area (TPSA) is 76.0 Å². The lowest BCUT2D eigenvalue weighted by Gasteiger charge is -2.34. The van der Waals surface area contributed by atoms with Gasteiger partial charge in [-0.2, -0.15) is 9.50 Å². The minimum atomic E-state index is -0.0596. The Morgan fingerprint density at radius 3 is 2.59 bits per heavy atom. The Labute approximate surface area is 159 Å². The molecule has 4 aromatic rings. The van der Waals surface area contributed by atoms with Gasteiger partial charge in [0.2, 0.25) is 16.7 Å². The minimum Gasteiger partial charge on any atom is -0.492 e. The molecule has 1 aromatic carbocycles. The van der Waals surface area contributed by atoms with Crippen LogP contribution in [-0.2, 0) is 4.74 Å². The number of aromatic hydroxyl groups is 1. The number of fused-ring (bicyclic) bond motifs is 1. The quantitative estimate of drug-likeness (QED) is 0.584. The van der Waals surface area contributed by atoms with E-state index < -0.39 is 0 Å². The minimum absolute atomic E-state index is 0.0596. The third kappa shape index (κ3) is 2.91. The summed E-state index contributed by atoms with van der Waals surface area (Å²) in [6.45, 7) is 3.00. The first-order valence-corrected chi connectivity index (χ1v) is 9.62. The van der Waals surface area contributed by atoms with Crippen LogP contribution < -0.4 is 0 Å². The molecular weight excluding hydrogens is 364 g/mol. The number of thiazole rings is 1. The van der Waals surface area contributed by atoms with Crippen molar-refractivity contribution in [3.63, 3.8) is 0 Å². The van der Waals surface area contributed by atoms with E-state index in [9.17, 15) is 5.11 Å². The number of hydrogen-bond donors (Lipinski definition) is 1. The first-order chi connectivity index (χ1) is 13.3. The number of rotatable bonds is 4. The number of hydrogen-bond acceptors (Lipinski definition) is 7. The molecule has 138 valence electrons. The highest BCUT2D eigenvalue weighted by atomic mass is 32.1. The van der Waals surface area contributed by atoms with E-state index in [0.29, 0.717) is 29.8 Å². The molecule has 1 aliphatic heterocycles. The van der Waals surface area contributed by atoms with Gasteiger partial charge in [0.05, 0.1) is 30.4 Å². The van der Waals surface area contributed by atoms with Gasteiger partial charge in [0.15, 0.2) is 5.76 Å². The maximum absolute atomic E-state index is 10.9.